The molecule has 0 unspecified atom stereocenters. The molecule has 1 fully saturated rings. The molecule has 1 aliphatic rings. The minimum Gasteiger partial charge on any atom is -0.355 e. The summed E-state index contributed by atoms with van der Waals surface area (Å²) in [4.78, 5) is 27.0. The van der Waals surface area contributed by atoms with Crippen LogP contribution in [0.3, 0.4) is 0 Å². The molecule has 30 heavy (non-hydrogen) atoms. The summed E-state index contributed by atoms with van der Waals surface area (Å²) in [6, 6.07) is 13.0. The van der Waals surface area contributed by atoms with Crippen molar-refractivity contribution in [3.63, 3.8) is 0 Å². The number of carbonyl (C=O) groups is 2. The van der Waals surface area contributed by atoms with Gasteiger partial charge in [0, 0.05) is 30.2 Å². The van der Waals surface area contributed by atoms with Crippen molar-refractivity contribution in [2.24, 2.45) is 11.1 Å². The number of sulfonamides is 1. The normalized spacial score (nSPS) is 16.9. The average molecular weight is 450 g/mol. The molecule has 3 rings (SSSR count). The van der Waals surface area contributed by atoms with Gasteiger partial charge in [0.15, 0.2) is 0 Å². The fraction of sp³-hybridized carbons (Fsp3) is 0.333. The van der Waals surface area contributed by atoms with E-state index in [9.17, 15) is 18.0 Å². The summed E-state index contributed by atoms with van der Waals surface area (Å²) in [5, 5.41) is 8.57. The second kappa shape index (κ2) is 9.59. The molecule has 0 aromatic heterocycles. The number of hydrogen-bond donors (Lipinski definition) is 2. The first-order valence-electron chi connectivity index (χ1n) is 9.68. The number of nitrogens with two attached hydrogens (primary N) is 1. The number of benzene rings is 2. The maximum atomic E-state index is 12.7. The number of carbonyl (C=O) groups excluding carboxylic acids is 2. The third-order valence-corrected chi connectivity index (χ3v) is 6.32. The number of piperidine rings is 1. The standard InChI is InChI=1S/C21H24ClN3O4S/c22-18-7-5-16(6-8-18)21(27)25-13-1-2-17(14-25)20(26)24-12-11-15-3-9-19(10-4-15)30(23,28)29/h3-10,17H,1-2,11-14H2,(H,24,26)(H2,23,28,29)/t17-/m1/s1. The van der Waals surface area contributed by atoms with Crippen LogP contribution in [0, 0.1) is 5.92 Å². The number of halogens is 1. The second-order valence-electron chi connectivity index (χ2n) is 7.33. The molecule has 1 atom stereocenters. The van der Waals surface area contributed by atoms with Crippen molar-refractivity contribution in [1.82, 2.24) is 10.2 Å². The minimum absolute atomic E-state index is 0.0583. The lowest BCUT2D eigenvalue weighted by Crippen LogP contribution is -2.45. The average Bonchev–Trinajstić information content (AvgIpc) is 2.73. The molecule has 0 bridgehead atoms. The van der Waals surface area contributed by atoms with Crippen LogP contribution in [0.25, 0.3) is 0 Å². The molecular weight excluding hydrogens is 426 g/mol. The Morgan fingerprint density at radius 1 is 1.10 bits per heavy atom. The molecule has 3 N–H and O–H groups in total. The first-order valence-corrected chi connectivity index (χ1v) is 11.6. The molecule has 1 aliphatic heterocycles. The fourth-order valence-electron chi connectivity index (χ4n) is 3.47. The summed E-state index contributed by atoms with van der Waals surface area (Å²) in [5.41, 5.74) is 1.45. The number of amides is 2. The molecule has 2 amide bonds. The van der Waals surface area contributed by atoms with Gasteiger partial charge in [0.1, 0.15) is 0 Å². The van der Waals surface area contributed by atoms with Crippen molar-refractivity contribution in [2.75, 3.05) is 19.6 Å². The maximum Gasteiger partial charge on any atom is 0.253 e. The third-order valence-electron chi connectivity index (χ3n) is 5.14. The van der Waals surface area contributed by atoms with Crippen molar-refractivity contribution in [2.45, 2.75) is 24.2 Å². The van der Waals surface area contributed by atoms with E-state index in [1.165, 1.54) is 12.1 Å². The molecule has 2 aromatic carbocycles. The lowest BCUT2D eigenvalue weighted by atomic mass is 9.96. The van der Waals surface area contributed by atoms with Crippen LogP contribution in [-0.2, 0) is 21.2 Å². The van der Waals surface area contributed by atoms with E-state index in [1.54, 1.807) is 41.3 Å². The van der Waals surface area contributed by atoms with Gasteiger partial charge in [0.05, 0.1) is 10.8 Å². The van der Waals surface area contributed by atoms with E-state index in [-0.39, 0.29) is 22.6 Å². The number of nitrogens with zero attached hydrogens (tertiary/aromatic N) is 1. The van der Waals surface area contributed by atoms with Gasteiger partial charge in [-0.1, -0.05) is 23.7 Å². The summed E-state index contributed by atoms with van der Waals surface area (Å²) in [7, 11) is -3.71. The van der Waals surface area contributed by atoms with Crippen molar-refractivity contribution in [3.8, 4) is 0 Å². The Morgan fingerprint density at radius 3 is 2.40 bits per heavy atom. The highest BCUT2D eigenvalue weighted by Crippen LogP contribution is 2.20. The van der Waals surface area contributed by atoms with Crippen LogP contribution in [0.2, 0.25) is 5.02 Å². The monoisotopic (exact) mass is 449 g/mol. The molecule has 0 radical (unpaired) electrons. The predicted octanol–water partition coefficient (Wildman–Crippen LogP) is 2.20. The van der Waals surface area contributed by atoms with Gasteiger partial charge in [-0.15, -0.1) is 0 Å². The predicted molar refractivity (Wildman–Crippen MR) is 115 cm³/mol. The Morgan fingerprint density at radius 2 is 1.77 bits per heavy atom. The van der Waals surface area contributed by atoms with E-state index in [0.29, 0.717) is 36.6 Å². The Bertz CT molecular complexity index is 1010. The fourth-order valence-corrected chi connectivity index (χ4v) is 4.11. The molecule has 0 aliphatic carbocycles. The molecule has 0 saturated carbocycles. The van der Waals surface area contributed by atoms with Gasteiger partial charge in [-0.05, 0) is 61.2 Å². The van der Waals surface area contributed by atoms with E-state index in [2.05, 4.69) is 5.32 Å². The topological polar surface area (TPSA) is 110 Å². The molecule has 9 heteroatoms. The first-order chi connectivity index (χ1) is 14.2. The van der Waals surface area contributed by atoms with Crippen LogP contribution in [-0.4, -0.2) is 44.8 Å². The van der Waals surface area contributed by atoms with Crippen LogP contribution in [0.4, 0.5) is 0 Å². The lowest BCUT2D eigenvalue weighted by Gasteiger charge is -2.32. The quantitative estimate of drug-likeness (QED) is 0.704. The first kappa shape index (κ1) is 22.3. The highest BCUT2D eigenvalue weighted by molar-refractivity contribution is 7.89. The van der Waals surface area contributed by atoms with Gasteiger partial charge in [-0.2, -0.15) is 0 Å². The zero-order chi connectivity index (χ0) is 21.7. The zero-order valence-electron chi connectivity index (χ0n) is 16.4. The maximum absolute atomic E-state index is 12.7. The minimum atomic E-state index is -3.71. The number of rotatable bonds is 6. The second-order valence-corrected chi connectivity index (χ2v) is 9.33. The van der Waals surface area contributed by atoms with Gasteiger partial charge in [-0.25, -0.2) is 13.6 Å². The molecule has 0 spiro atoms. The van der Waals surface area contributed by atoms with Crippen LogP contribution < -0.4 is 10.5 Å². The van der Waals surface area contributed by atoms with E-state index < -0.39 is 10.0 Å². The van der Waals surface area contributed by atoms with Crippen molar-refractivity contribution in [3.05, 3.63) is 64.7 Å². The molecule has 160 valence electrons. The highest BCUT2D eigenvalue weighted by atomic mass is 35.5. The smallest absolute Gasteiger partial charge is 0.253 e. The van der Waals surface area contributed by atoms with Crippen molar-refractivity contribution < 1.29 is 18.0 Å². The SMILES string of the molecule is NS(=O)(=O)c1ccc(CCNC(=O)[C@@H]2CCCN(C(=O)c3ccc(Cl)cc3)C2)cc1. The van der Waals surface area contributed by atoms with E-state index >= 15 is 0 Å². The van der Waals surface area contributed by atoms with E-state index in [1.807, 2.05) is 0 Å². The largest absolute Gasteiger partial charge is 0.355 e. The third kappa shape index (κ3) is 5.81. The van der Waals surface area contributed by atoms with Crippen LogP contribution in [0.15, 0.2) is 53.4 Å². The van der Waals surface area contributed by atoms with Gasteiger partial charge >= 0.3 is 0 Å². The lowest BCUT2D eigenvalue weighted by molar-refractivity contribution is -0.126. The number of hydrogen-bond acceptors (Lipinski definition) is 4. The van der Waals surface area contributed by atoms with Crippen LogP contribution >= 0.6 is 11.6 Å². The van der Waals surface area contributed by atoms with Gasteiger partial charge in [-0.3, -0.25) is 9.59 Å². The summed E-state index contributed by atoms with van der Waals surface area (Å²) in [6.45, 7) is 1.44. The Hall–Kier alpha value is -2.42. The van der Waals surface area contributed by atoms with Gasteiger partial charge in [0.25, 0.3) is 5.91 Å². The zero-order valence-corrected chi connectivity index (χ0v) is 18.0. The number of primary sulfonamides is 1. The van der Waals surface area contributed by atoms with E-state index in [4.69, 9.17) is 16.7 Å². The highest BCUT2D eigenvalue weighted by Gasteiger charge is 2.28. The Labute approximate surface area is 181 Å². The molecule has 1 heterocycles. The number of likely N-dealkylation sites (tertiary alicyclic amines) is 1. The number of nitrogens with one attached hydrogen (secondary N) is 1. The van der Waals surface area contributed by atoms with Crippen LogP contribution in [0.5, 0.6) is 0 Å². The Balaban J connectivity index is 1.50. The molecule has 2 aromatic rings. The van der Waals surface area contributed by atoms with Gasteiger partial charge < -0.3 is 10.2 Å². The van der Waals surface area contributed by atoms with Gasteiger partial charge in [0.2, 0.25) is 15.9 Å². The summed E-state index contributed by atoms with van der Waals surface area (Å²) < 4.78 is 22.6. The summed E-state index contributed by atoms with van der Waals surface area (Å²) in [5.74, 6) is -0.427. The molecule has 7 nitrogen and oxygen atoms in total. The summed E-state index contributed by atoms with van der Waals surface area (Å²) >= 11 is 5.88. The van der Waals surface area contributed by atoms with Crippen LogP contribution in [0.1, 0.15) is 28.8 Å². The molecular formula is C21H24ClN3O4S. The Kier molecular flexibility index (Phi) is 7.12. The van der Waals surface area contributed by atoms with Crippen molar-refractivity contribution >= 4 is 33.4 Å². The van der Waals surface area contributed by atoms with E-state index in [0.717, 1.165) is 18.4 Å². The van der Waals surface area contributed by atoms with Crippen molar-refractivity contribution in [1.29, 1.82) is 0 Å². The summed E-state index contributed by atoms with van der Waals surface area (Å²) in [6.07, 6.45) is 2.07. The molecule has 1 saturated heterocycles.